The molecule has 1 N–H and O–H groups in total. The van der Waals surface area contributed by atoms with Crippen LogP contribution in [0.25, 0.3) is 0 Å². The Labute approximate surface area is 138 Å². The Hall–Kier alpha value is -0.870. The van der Waals surface area contributed by atoms with Crippen molar-refractivity contribution in [1.29, 1.82) is 0 Å². The molecule has 3 rings (SSSR count). The highest BCUT2D eigenvalue weighted by Crippen LogP contribution is 2.32. The maximum Gasteiger partial charge on any atom is 0.252 e. The Morgan fingerprint density at radius 1 is 1.32 bits per heavy atom. The van der Waals surface area contributed by atoms with E-state index in [9.17, 15) is 4.79 Å². The Kier molecular flexibility index (Phi) is 4.88. The zero-order valence-electron chi connectivity index (χ0n) is 14.0. The van der Waals surface area contributed by atoms with Crippen LogP contribution in [0.5, 0.6) is 0 Å². The molecule has 1 atom stereocenters. The minimum atomic E-state index is 0.162. The molecule has 0 spiro atoms. The molecule has 122 valence electrons. The van der Waals surface area contributed by atoms with Crippen LogP contribution in [0.4, 0.5) is 0 Å². The van der Waals surface area contributed by atoms with E-state index in [1.807, 2.05) is 0 Å². The van der Waals surface area contributed by atoms with Crippen molar-refractivity contribution in [3.63, 3.8) is 0 Å². The summed E-state index contributed by atoms with van der Waals surface area (Å²) in [4.78, 5) is 16.6. The van der Waals surface area contributed by atoms with Gasteiger partial charge in [0, 0.05) is 35.4 Å². The van der Waals surface area contributed by atoms with Gasteiger partial charge in [-0.3, -0.25) is 4.79 Å². The van der Waals surface area contributed by atoms with Gasteiger partial charge in [-0.05, 0) is 57.4 Å². The van der Waals surface area contributed by atoms with Crippen molar-refractivity contribution >= 4 is 17.2 Å². The normalized spacial score (nSPS) is 23.5. The summed E-state index contributed by atoms with van der Waals surface area (Å²) in [5.41, 5.74) is 2.29. The van der Waals surface area contributed by atoms with E-state index in [1.165, 1.54) is 16.9 Å². The molecule has 3 nitrogen and oxygen atoms in total. The van der Waals surface area contributed by atoms with Crippen LogP contribution in [-0.2, 0) is 12.8 Å². The first-order chi connectivity index (χ1) is 10.5. The Morgan fingerprint density at radius 3 is 2.73 bits per heavy atom. The maximum absolute atomic E-state index is 12.6. The van der Waals surface area contributed by atoms with Gasteiger partial charge in [0.05, 0.1) is 5.56 Å². The second-order valence-electron chi connectivity index (χ2n) is 7.28. The number of nitrogens with one attached hydrogen (secondary N) is 1. The van der Waals surface area contributed by atoms with Gasteiger partial charge in [-0.15, -0.1) is 11.3 Å². The molecule has 1 saturated heterocycles. The molecule has 2 heterocycles. The van der Waals surface area contributed by atoms with E-state index >= 15 is 0 Å². The predicted molar refractivity (Wildman–Crippen MR) is 92.7 cm³/mol. The number of rotatable bonds is 3. The van der Waals surface area contributed by atoms with E-state index in [0.29, 0.717) is 12.1 Å². The molecule has 0 bridgehead atoms. The van der Waals surface area contributed by atoms with Gasteiger partial charge < -0.3 is 10.2 Å². The highest BCUT2D eigenvalue weighted by molar-refractivity contribution is 7.10. The van der Waals surface area contributed by atoms with Gasteiger partial charge in [-0.25, -0.2) is 0 Å². The fraction of sp³-hybridized carbons (Fsp3) is 0.722. The Morgan fingerprint density at radius 2 is 2.05 bits per heavy atom. The minimum absolute atomic E-state index is 0.162. The second-order valence-corrected chi connectivity index (χ2v) is 8.24. The van der Waals surface area contributed by atoms with Crippen LogP contribution >= 0.6 is 11.3 Å². The van der Waals surface area contributed by atoms with Crippen molar-refractivity contribution in [2.45, 2.75) is 65.0 Å². The largest absolute Gasteiger partial charge is 0.349 e. The number of likely N-dealkylation sites (tertiary alicyclic amines) is 1. The van der Waals surface area contributed by atoms with E-state index < -0.39 is 0 Å². The Bertz CT molecular complexity index is 529. The predicted octanol–water partition coefficient (Wildman–Crippen LogP) is 3.48. The quantitative estimate of drug-likeness (QED) is 0.925. The van der Waals surface area contributed by atoms with Crippen LogP contribution in [-0.4, -0.2) is 36.0 Å². The fourth-order valence-corrected chi connectivity index (χ4v) is 4.94. The molecular weight excluding hydrogens is 292 g/mol. The molecule has 1 fully saturated rings. The first-order valence-electron chi connectivity index (χ1n) is 8.68. The molecule has 0 saturated carbocycles. The number of carbonyl (C=O) groups is 1. The molecule has 1 aliphatic heterocycles. The minimum Gasteiger partial charge on any atom is -0.349 e. The molecule has 0 radical (unpaired) electrons. The van der Waals surface area contributed by atoms with Crippen LogP contribution in [0.1, 0.15) is 60.8 Å². The third-order valence-corrected chi connectivity index (χ3v) is 6.29. The summed E-state index contributed by atoms with van der Waals surface area (Å²) in [5.74, 6) is 0.928. The zero-order chi connectivity index (χ0) is 15.7. The average Bonchev–Trinajstić information content (AvgIpc) is 2.90. The number of hydrogen-bond acceptors (Lipinski definition) is 3. The second kappa shape index (κ2) is 6.71. The lowest BCUT2D eigenvalue weighted by molar-refractivity contribution is 0.0900. The lowest BCUT2D eigenvalue weighted by Gasteiger charge is -2.34. The van der Waals surface area contributed by atoms with E-state index in [4.69, 9.17) is 0 Å². The monoisotopic (exact) mass is 320 g/mol. The van der Waals surface area contributed by atoms with Crippen LogP contribution in [0.15, 0.2) is 5.38 Å². The lowest BCUT2D eigenvalue weighted by Crippen LogP contribution is -2.46. The lowest BCUT2D eigenvalue weighted by atomic mass is 9.88. The summed E-state index contributed by atoms with van der Waals surface area (Å²) < 4.78 is 0. The van der Waals surface area contributed by atoms with Crippen molar-refractivity contribution in [1.82, 2.24) is 10.2 Å². The number of nitrogens with zero attached hydrogens (tertiary/aromatic N) is 1. The summed E-state index contributed by atoms with van der Waals surface area (Å²) in [6.45, 7) is 9.00. The summed E-state index contributed by atoms with van der Waals surface area (Å²) in [5, 5.41) is 5.37. The molecule has 0 aromatic carbocycles. The third-order valence-electron chi connectivity index (χ3n) is 5.24. The maximum atomic E-state index is 12.6. The smallest absolute Gasteiger partial charge is 0.252 e. The van der Waals surface area contributed by atoms with Crippen molar-refractivity contribution in [3.8, 4) is 0 Å². The molecule has 1 aliphatic carbocycles. The van der Waals surface area contributed by atoms with Gasteiger partial charge in [0.25, 0.3) is 5.91 Å². The van der Waals surface area contributed by atoms with E-state index in [0.717, 1.165) is 50.3 Å². The first kappa shape index (κ1) is 16.0. The number of fused-ring (bicyclic) bond motifs is 1. The highest BCUT2D eigenvalue weighted by Gasteiger charge is 2.26. The number of hydrogen-bond donors (Lipinski definition) is 1. The molecule has 4 heteroatoms. The van der Waals surface area contributed by atoms with Gasteiger partial charge in [0.2, 0.25) is 0 Å². The number of piperidine rings is 1. The van der Waals surface area contributed by atoms with Crippen molar-refractivity contribution in [2.24, 2.45) is 5.92 Å². The molecular formula is C18H28N2OS. The molecule has 1 aromatic heterocycles. The van der Waals surface area contributed by atoms with Gasteiger partial charge in [-0.1, -0.05) is 6.92 Å². The zero-order valence-corrected chi connectivity index (χ0v) is 14.8. The molecule has 2 aliphatic rings. The van der Waals surface area contributed by atoms with Crippen molar-refractivity contribution in [2.75, 3.05) is 13.1 Å². The molecule has 22 heavy (non-hydrogen) atoms. The van der Waals surface area contributed by atoms with Gasteiger partial charge in [-0.2, -0.15) is 0 Å². The molecule has 1 amide bonds. The highest BCUT2D eigenvalue weighted by atomic mass is 32.1. The average molecular weight is 321 g/mol. The Balaban J connectivity index is 1.59. The number of carbonyl (C=O) groups excluding carboxylic acids is 1. The van der Waals surface area contributed by atoms with Gasteiger partial charge >= 0.3 is 0 Å². The van der Waals surface area contributed by atoms with E-state index in [1.54, 1.807) is 11.3 Å². The summed E-state index contributed by atoms with van der Waals surface area (Å²) >= 11 is 1.78. The van der Waals surface area contributed by atoms with Crippen LogP contribution in [0, 0.1) is 5.92 Å². The number of amides is 1. The van der Waals surface area contributed by atoms with Crippen LogP contribution < -0.4 is 5.32 Å². The van der Waals surface area contributed by atoms with Gasteiger partial charge in [0.1, 0.15) is 0 Å². The van der Waals surface area contributed by atoms with E-state index in [-0.39, 0.29) is 5.91 Å². The number of thiophene rings is 1. The topological polar surface area (TPSA) is 32.3 Å². The fourth-order valence-electron chi connectivity index (χ4n) is 3.69. The SMILES string of the molecule is CC(C)N1CCC(NC(=O)c2csc3c2CC[C@@H](C)C3)CC1. The van der Waals surface area contributed by atoms with Crippen molar-refractivity contribution in [3.05, 3.63) is 21.4 Å². The summed E-state index contributed by atoms with van der Waals surface area (Å²) in [7, 11) is 0. The van der Waals surface area contributed by atoms with Crippen LogP contribution in [0.3, 0.4) is 0 Å². The first-order valence-corrected chi connectivity index (χ1v) is 9.56. The summed E-state index contributed by atoms with van der Waals surface area (Å²) in [6, 6.07) is 0.961. The van der Waals surface area contributed by atoms with Crippen LogP contribution in [0.2, 0.25) is 0 Å². The molecule has 0 unspecified atom stereocenters. The van der Waals surface area contributed by atoms with Gasteiger partial charge in [0.15, 0.2) is 0 Å². The standard InChI is InChI=1S/C18H28N2OS/c1-12(2)20-8-6-14(7-9-20)19-18(21)16-11-22-17-10-13(3)4-5-15(16)17/h11-14H,4-10H2,1-3H3,(H,19,21)/t13-/m1/s1. The third kappa shape index (κ3) is 3.38. The van der Waals surface area contributed by atoms with Crippen molar-refractivity contribution < 1.29 is 4.79 Å². The summed E-state index contributed by atoms with van der Waals surface area (Å²) in [6.07, 6.45) is 5.60. The van der Waals surface area contributed by atoms with E-state index in [2.05, 4.69) is 36.4 Å². The molecule has 1 aromatic rings.